The molecule has 1 saturated carbocycles. The van der Waals surface area contributed by atoms with Gasteiger partial charge in [-0.2, -0.15) is 0 Å². The predicted octanol–water partition coefficient (Wildman–Crippen LogP) is 5.96. The van der Waals surface area contributed by atoms with E-state index in [2.05, 4.69) is 10.3 Å². The molecule has 7 nitrogen and oxygen atoms in total. The number of aromatic nitrogens is 1. The molecule has 4 rings (SSSR count). The summed E-state index contributed by atoms with van der Waals surface area (Å²) in [7, 11) is 0. The Morgan fingerprint density at radius 3 is 2.30 bits per heavy atom. The third kappa shape index (κ3) is 6.16. The number of urea groups is 1. The third-order valence-corrected chi connectivity index (χ3v) is 7.60. The van der Waals surface area contributed by atoms with E-state index in [0.717, 1.165) is 53.0 Å². The molecule has 0 unspecified atom stereocenters. The highest BCUT2D eigenvalue weighted by molar-refractivity contribution is 7.15. The smallest absolute Gasteiger partial charge is 0.333 e. The van der Waals surface area contributed by atoms with Crippen molar-refractivity contribution in [3.05, 3.63) is 65.1 Å². The van der Waals surface area contributed by atoms with Crippen molar-refractivity contribution in [1.82, 2.24) is 4.98 Å². The number of amides is 4. The van der Waals surface area contributed by atoms with E-state index in [1.165, 1.54) is 0 Å². The van der Waals surface area contributed by atoms with E-state index in [0.29, 0.717) is 30.4 Å². The molecule has 0 radical (unpaired) electrons. The van der Waals surface area contributed by atoms with Gasteiger partial charge >= 0.3 is 6.03 Å². The average molecular weight is 531 g/mol. The van der Waals surface area contributed by atoms with Gasteiger partial charge in [0.2, 0.25) is 11.8 Å². The van der Waals surface area contributed by atoms with Gasteiger partial charge in [0.15, 0.2) is 11.6 Å². The van der Waals surface area contributed by atoms with Crippen LogP contribution in [0.5, 0.6) is 0 Å². The molecular formula is C26H25F3N4O3S. The first-order valence-electron chi connectivity index (χ1n) is 11.7. The van der Waals surface area contributed by atoms with Crippen LogP contribution in [-0.2, 0) is 9.59 Å². The number of imide groups is 1. The molecule has 1 aromatic heterocycles. The number of rotatable bonds is 6. The summed E-state index contributed by atoms with van der Waals surface area (Å²) in [6.07, 6.45) is 5.98. The number of nitrogens with zero attached hydrogens (tertiary/aromatic N) is 2. The summed E-state index contributed by atoms with van der Waals surface area (Å²) < 4.78 is 40.6. The van der Waals surface area contributed by atoms with E-state index in [1.807, 2.05) is 0 Å². The lowest BCUT2D eigenvalue weighted by Gasteiger charge is -2.26. The summed E-state index contributed by atoms with van der Waals surface area (Å²) in [4.78, 5) is 42.3. The van der Waals surface area contributed by atoms with Crippen LogP contribution in [0.3, 0.4) is 0 Å². The van der Waals surface area contributed by atoms with Crippen LogP contribution in [0.25, 0.3) is 10.4 Å². The maximum atomic E-state index is 14.0. The molecular weight excluding hydrogens is 505 g/mol. The zero-order valence-electron chi connectivity index (χ0n) is 20.0. The summed E-state index contributed by atoms with van der Waals surface area (Å²) in [5, 5.41) is 3.13. The number of hydrogen-bond donors (Lipinski definition) is 2. The van der Waals surface area contributed by atoms with E-state index in [4.69, 9.17) is 5.73 Å². The molecule has 0 spiro atoms. The van der Waals surface area contributed by atoms with Gasteiger partial charge in [-0.05, 0) is 49.3 Å². The largest absolute Gasteiger partial charge is 0.370 e. The Bertz CT molecular complexity index is 1320. The highest BCUT2D eigenvalue weighted by Gasteiger charge is 2.26. The van der Waals surface area contributed by atoms with Crippen LogP contribution in [0, 0.1) is 23.4 Å². The number of halogens is 3. The van der Waals surface area contributed by atoms with Crippen molar-refractivity contribution in [2.75, 3.05) is 10.2 Å². The highest BCUT2D eigenvalue weighted by Crippen LogP contribution is 2.40. The van der Waals surface area contributed by atoms with Gasteiger partial charge < -0.3 is 11.1 Å². The minimum Gasteiger partial charge on any atom is -0.370 e. The molecule has 1 aliphatic rings. The van der Waals surface area contributed by atoms with Gasteiger partial charge in [0, 0.05) is 37.6 Å². The maximum Gasteiger partial charge on any atom is 0.333 e. The second-order valence-electron chi connectivity index (χ2n) is 9.03. The third-order valence-electron chi connectivity index (χ3n) is 6.39. The van der Waals surface area contributed by atoms with Gasteiger partial charge in [-0.25, -0.2) is 27.8 Å². The van der Waals surface area contributed by atoms with Crippen molar-refractivity contribution >= 4 is 40.6 Å². The van der Waals surface area contributed by atoms with Crippen LogP contribution < -0.4 is 16.0 Å². The molecule has 4 amide bonds. The number of benzene rings is 2. The molecule has 0 saturated heterocycles. The van der Waals surface area contributed by atoms with Gasteiger partial charge in [-0.15, -0.1) is 11.3 Å². The number of thiazole rings is 1. The van der Waals surface area contributed by atoms with E-state index in [1.54, 1.807) is 41.8 Å². The van der Waals surface area contributed by atoms with Gasteiger partial charge in [0.1, 0.15) is 5.82 Å². The van der Waals surface area contributed by atoms with Gasteiger partial charge in [-0.3, -0.25) is 9.59 Å². The summed E-state index contributed by atoms with van der Waals surface area (Å²) in [5.41, 5.74) is 5.78. The Morgan fingerprint density at radius 1 is 1.03 bits per heavy atom. The molecule has 194 valence electrons. The lowest BCUT2D eigenvalue weighted by atomic mass is 9.81. The monoisotopic (exact) mass is 530 g/mol. The van der Waals surface area contributed by atoms with Gasteiger partial charge in [0.25, 0.3) is 0 Å². The first-order chi connectivity index (χ1) is 17.6. The van der Waals surface area contributed by atoms with Crippen LogP contribution in [0.1, 0.15) is 50.0 Å². The first kappa shape index (κ1) is 26.3. The fourth-order valence-corrected chi connectivity index (χ4v) is 5.61. The molecule has 1 aliphatic carbocycles. The number of carbonyl (C=O) groups is 3. The maximum absolute atomic E-state index is 14.0. The Labute approximate surface area is 215 Å². The fourth-order valence-electron chi connectivity index (χ4n) is 4.51. The Balaban J connectivity index is 1.45. The first-order valence-corrected chi connectivity index (χ1v) is 12.5. The highest BCUT2D eigenvalue weighted by atomic mass is 32.1. The molecule has 1 heterocycles. The number of anilines is 2. The van der Waals surface area contributed by atoms with Crippen molar-refractivity contribution in [3.8, 4) is 10.4 Å². The second-order valence-corrected chi connectivity index (χ2v) is 10.1. The molecule has 1 fully saturated rings. The molecule has 3 N–H and O–H groups in total. The molecule has 3 aromatic rings. The molecule has 0 atom stereocenters. The van der Waals surface area contributed by atoms with Crippen LogP contribution in [-0.4, -0.2) is 22.8 Å². The van der Waals surface area contributed by atoms with Crippen molar-refractivity contribution in [2.45, 2.75) is 44.9 Å². The quantitative estimate of drug-likeness (QED) is 0.384. The van der Waals surface area contributed by atoms with Crippen LogP contribution >= 0.6 is 11.3 Å². The zero-order valence-corrected chi connectivity index (χ0v) is 20.8. The minimum atomic E-state index is -1.39. The lowest BCUT2D eigenvalue weighted by molar-refractivity contribution is -0.119. The summed E-state index contributed by atoms with van der Waals surface area (Å²) in [6, 6.07) is 6.40. The van der Waals surface area contributed by atoms with Crippen molar-refractivity contribution in [2.24, 2.45) is 11.7 Å². The van der Waals surface area contributed by atoms with Crippen LogP contribution in [0.2, 0.25) is 0 Å². The van der Waals surface area contributed by atoms with Crippen LogP contribution in [0.15, 0.2) is 42.6 Å². The normalized spacial score (nSPS) is 17.3. The lowest BCUT2D eigenvalue weighted by Crippen LogP contribution is -2.38. The summed E-state index contributed by atoms with van der Waals surface area (Å²) >= 11 is 1.57. The number of carbonyl (C=O) groups excluding carboxylic acids is 3. The Kier molecular flexibility index (Phi) is 7.91. The molecule has 37 heavy (non-hydrogen) atoms. The fraction of sp³-hybridized carbons (Fsp3) is 0.308. The van der Waals surface area contributed by atoms with Crippen molar-refractivity contribution in [3.63, 3.8) is 0 Å². The number of nitrogens with two attached hydrogens (primary N) is 1. The number of primary amides is 1. The Morgan fingerprint density at radius 2 is 1.68 bits per heavy atom. The van der Waals surface area contributed by atoms with Gasteiger partial charge in [-0.1, -0.05) is 12.1 Å². The zero-order chi connectivity index (χ0) is 26.7. The summed E-state index contributed by atoms with van der Waals surface area (Å²) in [6.45, 7) is 1.16. The molecule has 0 aliphatic heterocycles. The van der Waals surface area contributed by atoms with Crippen molar-refractivity contribution < 1.29 is 27.6 Å². The van der Waals surface area contributed by atoms with E-state index >= 15 is 0 Å². The second kappa shape index (κ2) is 11.1. The van der Waals surface area contributed by atoms with E-state index < -0.39 is 35.1 Å². The van der Waals surface area contributed by atoms with Crippen molar-refractivity contribution in [1.29, 1.82) is 0 Å². The average Bonchev–Trinajstić information content (AvgIpc) is 3.33. The van der Waals surface area contributed by atoms with E-state index in [9.17, 15) is 27.6 Å². The number of hydrogen-bond acceptors (Lipinski definition) is 5. The molecule has 0 bridgehead atoms. The van der Waals surface area contributed by atoms with Gasteiger partial charge in [0.05, 0.1) is 21.3 Å². The summed E-state index contributed by atoms with van der Waals surface area (Å²) in [5.74, 6) is -4.15. The Hall–Kier alpha value is -3.73. The van der Waals surface area contributed by atoms with Crippen LogP contribution in [0.4, 0.5) is 29.3 Å². The molecule has 2 aromatic carbocycles. The standard InChI is InChI=1S/C26H25F3N4O3S/c1-14(34)33(26(36)32-22-12-20(28)19(27)11-21(22)29)18-8-6-16(7-9-18)23-13-31-25(37-23)17-4-2-15(3-5-17)10-24(30)35/h6-9,11-13,15,17H,2-5,10H2,1H3,(H2,30,35)(H,32,36). The SMILES string of the molecule is CC(=O)N(C(=O)Nc1cc(F)c(F)cc1F)c1ccc(-c2cnc(C3CCC(CC(N)=O)CC3)s2)cc1. The molecule has 11 heteroatoms. The number of nitrogens with one attached hydrogen (secondary N) is 1. The topological polar surface area (TPSA) is 105 Å². The minimum absolute atomic E-state index is 0.217. The predicted molar refractivity (Wildman–Crippen MR) is 135 cm³/mol. The van der Waals surface area contributed by atoms with E-state index in [-0.39, 0.29) is 11.6 Å².